The maximum atomic E-state index is 12.3. The van der Waals surface area contributed by atoms with Gasteiger partial charge in [0.25, 0.3) is 0 Å². The molecule has 0 saturated carbocycles. The third kappa shape index (κ3) is 3.40. The van der Waals surface area contributed by atoms with Crippen LogP contribution in [0.5, 0.6) is 0 Å². The normalized spacial score (nSPS) is 25.2. The van der Waals surface area contributed by atoms with Gasteiger partial charge in [0.15, 0.2) is 0 Å². The van der Waals surface area contributed by atoms with Crippen LogP contribution >= 0.6 is 0 Å². The Kier molecular flexibility index (Phi) is 4.49. The number of amides is 2. The number of hydrogen-bond donors (Lipinski definition) is 2. The summed E-state index contributed by atoms with van der Waals surface area (Å²) in [5.41, 5.74) is -0.555. The molecule has 1 unspecified atom stereocenters. The summed E-state index contributed by atoms with van der Waals surface area (Å²) in [5, 5.41) is 17.8. The molecule has 7 heteroatoms. The average Bonchev–Trinajstić information content (AvgIpc) is 2.41. The number of carboxylic acid groups (broad SMARTS) is 1. The van der Waals surface area contributed by atoms with Crippen LogP contribution in [0.25, 0.3) is 0 Å². The second-order valence-electron chi connectivity index (χ2n) is 5.91. The molecule has 1 atom stereocenters. The van der Waals surface area contributed by atoms with Crippen molar-refractivity contribution < 1.29 is 24.5 Å². The summed E-state index contributed by atoms with van der Waals surface area (Å²) in [7, 11) is 0. The van der Waals surface area contributed by atoms with E-state index in [1.807, 2.05) is 6.92 Å². The number of hydrogen-bond acceptors (Lipinski definition) is 4. The topological polar surface area (TPSA) is 90.3 Å². The molecular weight excluding hydrogens is 264 g/mol. The van der Waals surface area contributed by atoms with E-state index in [-0.39, 0.29) is 25.2 Å². The maximum absolute atomic E-state index is 12.3. The van der Waals surface area contributed by atoms with E-state index in [1.54, 1.807) is 9.80 Å². The lowest BCUT2D eigenvalue weighted by atomic mass is 9.96. The van der Waals surface area contributed by atoms with Gasteiger partial charge in [-0.1, -0.05) is 0 Å². The molecule has 7 nitrogen and oxygen atoms in total. The largest absolute Gasteiger partial charge is 0.480 e. The molecule has 0 bridgehead atoms. The van der Waals surface area contributed by atoms with Crippen molar-refractivity contribution in [3.63, 3.8) is 0 Å². The molecule has 2 fully saturated rings. The zero-order chi connectivity index (χ0) is 14.8. The standard InChI is InChI=1S/C13H22N2O5/c1-13(20-7-11(17)18)8-15(9-13)12(19)14-4-2-3-10(5-14)6-16/h10,16H,2-9H2,1H3,(H,17,18). The molecule has 0 aliphatic carbocycles. The minimum absolute atomic E-state index is 0.0421. The Bertz CT molecular complexity index is 381. The molecule has 0 radical (unpaired) electrons. The number of carboxylic acids is 1. The molecule has 2 aliphatic heterocycles. The molecule has 2 saturated heterocycles. The Balaban J connectivity index is 1.79. The highest BCUT2D eigenvalue weighted by Crippen LogP contribution is 2.27. The first-order valence-electron chi connectivity index (χ1n) is 6.94. The average molecular weight is 286 g/mol. The van der Waals surface area contributed by atoms with Crippen LogP contribution in [0.2, 0.25) is 0 Å². The van der Waals surface area contributed by atoms with Crippen molar-refractivity contribution in [3.05, 3.63) is 0 Å². The van der Waals surface area contributed by atoms with Gasteiger partial charge in [0, 0.05) is 19.7 Å². The van der Waals surface area contributed by atoms with Gasteiger partial charge in [-0.05, 0) is 25.7 Å². The van der Waals surface area contributed by atoms with Crippen LogP contribution in [0.4, 0.5) is 4.79 Å². The molecule has 2 amide bonds. The van der Waals surface area contributed by atoms with E-state index in [0.29, 0.717) is 19.6 Å². The van der Waals surface area contributed by atoms with Crippen LogP contribution in [-0.4, -0.2) is 77.0 Å². The lowest BCUT2D eigenvalue weighted by molar-refractivity contribution is -0.160. The predicted molar refractivity (Wildman–Crippen MR) is 70.3 cm³/mol. The van der Waals surface area contributed by atoms with Crippen LogP contribution in [0.15, 0.2) is 0 Å². The van der Waals surface area contributed by atoms with Gasteiger partial charge in [0.05, 0.1) is 13.1 Å². The van der Waals surface area contributed by atoms with E-state index >= 15 is 0 Å². The molecule has 0 aromatic heterocycles. The van der Waals surface area contributed by atoms with Crippen LogP contribution in [-0.2, 0) is 9.53 Å². The number of aliphatic hydroxyl groups excluding tert-OH is 1. The summed E-state index contributed by atoms with van der Waals surface area (Å²) in [5.74, 6) is -0.832. The fourth-order valence-electron chi connectivity index (χ4n) is 2.81. The third-order valence-corrected chi connectivity index (χ3v) is 3.91. The van der Waals surface area contributed by atoms with E-state index in [2.05, 4.69) is 0 Å². The van der Waals surface area contributed by atoms with Crippen molar-refractivity contribution in [1.29, 1.82) is 0 Å². The molecule has 0 aromatic carbocycles. The van der Waals surface area contributed by atoms with E-state index in [9.17, 15) is 14.7 Å². The van der Waals surface area contributed by atoms with E-state index in [0.717, 1.165) is 19.4 Å². The molecule has 20 heavy (non-hydrogen) atoms. The van der Waals surface area contributed by atoms with Crippen molar-refractivity contribution in [1.82, 2.24) is 9.80 Å². The minimum atomic E-state index is -1.00. The molecule has 114 valence electrons. The fraction of sp³-hybridized carbons (Fsp3) is 0.846. The summed E-state index contributed by atoms with van der Waals surface area (Å²) in [6, 6.07) is -0.0421. The number of aliphatic hydroxyl groups is 1. The lowest BCUT2D eigenvalue weighted by Crippen LogP contribution is -2.66. The smallest absolute Gasteiger partial charge is 0.329 e. The molecule has 2 N–H and O–H groups in total. The van der Waals surface area contributed by atoms with Gasteiger partial charge in [-0.25, -0.2) is 9.59 Å². The summed E-state index contributed by atoms with van der Waals surface area (Å²) < 4.78 is 5.28. The SMILES string of the molecule is CC1(OCC(=O)O)CN(C(=O)N2CCCC(CO)C2)C1. The molecule has 0 spiro atoms. The number of rotatable bonds is 4. The summed E-state index contributed by atoms with van der Waals surface area (Å²) in [4.78, 5) is 26.2. The van der Waals surface area contributed by atoms with Crippen LogP contribution in [0.3, 0.4) is 0 Å². The highest BCUT2D eigenvalue weighted by Gasteiger charge is 2.44. The number of likely N-dealkylation sites (tertiary alicyclic amines) is 2. The van der Waals surface area contributed by atoms with E-state index in [4.69, 9.17) is 9.84 Å². The van der Waals surface area contributed by atoms with Crippen molar-refractivity contribution >= 4 is 12.0 Å². The molecule has 2 heterocycles. The number of nitrogens with zero attached hydrogens (tertiary/aromatic N) is 2. The summed E-state index contributed by atoms with van der Waals surface area (Å²) in [6.45, 7) is 3.74. The Morgan fingerprint density at radius 1 is 1.35 bits per heavy atom. The van der Waals surface area contributed by atoms with Crippen LogP contribution < -0.4 is 0 Å². The predicted octanol–water partition coefficient (Wildman–Crippen LogP) is -0.0138. The molecule has 0 aromatic rings. The van der Waals surface area contributed by atoms with Gasteiger partial charge in [0.1, 0.15) is 12.2 Å². The second kappa shape index (κ2) is 5.97. The summed E-state index contributed by atoms with van der Waals surface area (Å²) >= 11 is 0. The monoisotopic (exact) mass is 286 g/mol. The van der Waals surface area contributed by atoms with Gasteiger partial charge in [-0.15, -0.1) is 0 Å². The van der Waals surface area contributed by atoms with Crippen molar-refractivity contribution in [3.8, 4) is 0 Å². The van der Waals surface area contributed by atoms with Gasteiger partial charge in [-0.2, -0.15) is 0 Å². The van der Waals surface area contributed by atoms with Gasteiger partial charge < -0.3 is 24.7 Å². The van der Waals surface area contributed by atoms with E-state index in [1.165, 1.54) is 0 Å². The third-order valence-electron chi connectivity index (χ3n) is 3.91. The van der Waals surface area contributed by atoms with Crippen molar-refractivity contribution in [2.45, 2.75) is 25.4 Å². The minimum Gasteiger partial charge on any atom is -0.480 e. The van der Waals surface area contributed by atoms with Crippen molar-refractivity contribution in [2.24, 2.45) is 5.92 Å². The summed E-state index contributed by atoms with van der Waals surface area (Å²) in [6.07, 6.45) is 1.87. The first-order chi connectivity index (χ1) is 9.43. The molecule has 2 aliphatic rings. The Morgan fingerprint density at radius 3 is 2.65 bits per heavy atom. The van der Waals surface area contributed by atoms with Gasteiger partial charge in [-0.3, -0.25) is 0 Å². The quantitative estimate of drug-likeness (QED) is 0.758. The lowest BCUT2D eigenvalue weighted by Gasteiger charge is -2.49. The van der Waals surface area contributed by atoms with E-state index < -0.39 is 11.6 Å². The first kappa shape index (κ1) is 15.1. The zero-order valence-electron chi connectivity index (χ0n) is 11.7. The molecular formula is C13H22N2O5. The van der Waals surface area contributed by atoms with Gasteiger partial charge in [0.2, 0.25) is 0 Å². The Hall–Kier alpha value is -1.34. The number of aliphatic carboxylic acids is 1. The Labute approximate surface area is 118 Å². The number of carbonyl (C=O) groups is 2. The fourth-order valence-corrected chi connectivity index (χ4v) is 2.81. The maximum Gasteiger partial charge on any atom is 0.329 e. The molecule has 2 rings (SSSR count). The van der Waals surface area contributed by atoms with Crippen molar-refractivity contribution in [2.75, 3.05) is 39.4 Å². The number of piperidine rings is 1. The second-order valence-corrected chi connectivity index (χ2v) is 5.91. The van der Waals surface area contributed by atoms with Crippen LogP contribution in [0, 0.1) is 5.92 Å². The number of carbonyl (C=O) groups excluding carboxylic acids is 1. The number of urea groups is 1. The van der Waals surface area contributed by atoms with Gasteiger partial charge >= 0.3 is 12.0 Å². The number of ether oxygens (including phenoxy) is 1. The van der Waals surface area contributed by atoms with Crippen LogP contribution in [0.1, 0.15) is 19.8 Å². The Morgan fingerprint density at radius 2 is 2.05 bits per heavy atom. The zero-order valence-corrected chi connectivity index (χ0v) is 11.7. The first-order valence-corrected chi connectivity index (χ1v) is 6.94. The highest BCUT2D eigenvalue weighted by molar-refractivity contribution is 5.76. The highest BCUT2D eigenvalue weighted by atomic mass is 16.5.